The number of benzene rings is 2. The van der Waals surface area contributed by atoms with Crippen LogP contribution in [0.1, 0.15) is 25.0 Å². The van der Waals surface area contributed by atoms with Crippen molar-refractivity contribution in [3.05, 3.63) is 59.7 Å². The highest BCUT2D eigenvalue weighted by atomic mass is 32.2. The van der Waals surface area contributed by atoms with Crippen molar-refractivity contribution in [2.75, 3.05) is 0 Å². The molecule has 0 aliphatic carbocycles. The van der Waals surface area contributed by atoms with E-state index in [0.717, 1.165) is 0 Å². The topological polar surface area (TPSA) is 74.6 Å². The first-order valence-corrected chi connectivity index (χ1v) is 8.55. The molecule has 0 bridgehead atoms. The van der Waals surface area contributed by atoms with E-state index in [1.807, 2.05) is 0 Å². The van der Waals surface area contributed by atoms with Gasteiger partial charge in [-0.25, -0.2) is 8.42 Å². The predicted molar refractivity (Wildman–Crippen MR) is 91.1 cm³/mol. The van der Waals surface area contributed by atoms with Gasteiger partial charge in [-0.05, 0) is 50.2 Å². The van der Waals surface area contributed by atoms with Gasteiger partial charge in [0.2, 0.25) is 9.84 Å². The molecule has 0 atom stereocenters. The van der Waals surface area contributed by atoms with Crippen LogP contribution in [0, 0.1) is 0 Å². The van der Waals surface area contributed by atoms with Gasteiger partial charge >= 0.3 is 0 Å². The lowest BCUT2D eigenvalue weighted by Crippen LogP contribution is -2.02. The van der Waals surface area contributed by atoms with Crippen LogP contribution in [0.25, 0.3) is 12.2 Å². The summed E-state index contributed by atoms with van der Waals surface area (Å²) in [6.07, 6.45) is 6.71. The minimum atomic E-state index is -3.74. The Morgan fingerprint density at radius 1 is 0.783 bits per heavy atom. The number of rotatable bonds is 4. The molecule has 2 rings (SSSR count). The molecule has 0 unspecified atom stereocenters. The van der Waals surface area contributed by atoms with Crippen LogP contribution < -0.4 is 0 Å². The Labute approximate surface area is 136 Å². The highest BCUT2D eigenvalue weighted by molar-refractivity contribution is 7.91. The Kier molecular flexibility index (Phi) is 4.91. The summed E-state index contributed by atoms with van der Waals surface area (Å²) in [5.41, 5.74) is 0.863. The molecule has 0 spiro atoms. The lowest BCUT2D eigenvalue weighted by molar-refractivity contribution is 0.473. The van der Waals surface area contributed by atoms with Crippen molar-refractivity contribution in [2.24, 2.45) is 0 Å². The van der Waals surface area contributed by atoms with E-state index in [1.54, 1.807) is 38.2 Å². The Bertz CT molecular complexity index is 810. The summed E-state index contributed by atoms with van der Waals surface area (Å²) in [5, 5.41) is 19.5. The van der Waals surface area contributed by atoms with Crippen LogP contribution in [0.2, 0.25) is 0 Å². The molecule has 0 saturated carbocycles. The summed E-state index contributed by atoms with van der Waals surface area (Å²) in [7, 11) is -3.74. The van der Waals surface area contributed by atoms with E-state index < -0.39 is 9.84 Å². The van der Waals surface area contributed by atoms with Gasteiger partial charge in [0.25, 0.3) is 0 Å². The molecule has 0 aromatic heterocycles. The summed E-state index contributed by atoms with van der Waals surface area (Å²) in [6.45, 7) is 3.56. The van der Waals surface area contributed by atoms with E-state index in [2.05, 4.69) is 0 Å². The van der Waals surface area contributed by atoms with Crippen LogP contribution >= 0.6 is 0 Å². The first-order valence-electron chi connectivity index (χ1n) is 7.06. The summed E-state index contributed by atoms with van der Waals surface area (Å²) in [5.74, 6) is 0.0322. The molecular weight excluding hydrogens is 312 g/mol. The van der Waals surface area contributed by atoms with Crippen molar-refractivity contribution in [2.45, 2.75) is 23.6 Å². The Balaban J connectivity index is 2.59. The zero-order chi connectivity index (χ0) is 17.0. The maximum absolute atomic E-state index is 12.8. The molecule has 0 heterocycles. The molecule has 2 aromatic rings. The van der Waals surface area contributed by atoms with Crippen LogP contribution in [0.3, 0.4) is 0 Å². The molecule has 0 aliphatic rings. The van der Waals surface area contributed by atoms with Crippen molar-refractivity contribution in [3.63, 3.8) is 0 Å². The van der Waals surface area contributed by atoms with E-state index >= 15 is 0 Å². The Hall–Kier alpha value is -2.53. The second-order valence-corrected chi connectivity index (χ2v) is 6.89. The zero-order valence-electron chi connectivity index (χ0n) is 12.9. The van der Waals surface area contributed by atoms with Crippen molar-refractivity contribution in [1.82, 2.24) is 0 Å². The van der Waals surface area contributed by atoms with Crippen LogP contribution in [-0.2, 0) is 9.84 Å². The molecular formula is C18H18O4S. The van der Waals surface area contributed by atoms with E-state index in [-0.39, 0.29) is 21.3 Å². The number of hydrogen-bond donors (Lipinski definition) is 2. The van der Waals surface area contributed by atoms with Crippen molar-refractivity contribution in [3.8, 4) is 11.5 Å². The predicted octanol–water partition coefficient (Wildman–Crippen LogP) is 4.00. The van der Waals surface area contributed by atoms with Crippen molar-refractivity contribution in [1.29, 1.82) is 0 Å². The fourth-order valence-electron chi connectivity index (χ4n) is 2.16. The number of aromatic hydroxyl groups is 2. The molecule has 23 heavy (non-hydrogen) atoms. The standard InChI is InChI=1S/C18H18O4S/c1-3-5-13-11-15(7-9-17(13)19)23(21,22)16-8-10-18(20)14(12-16)6-4-2/h3-12,19-20H,1-2H3. The third kappa shape index (κ3) is 3.46. The van der Waals surface area contributed by atoms with E-state index in [4.69, 9.17) is 0 Å². The van der Waals surface area contributed by atoms with E-state index in [0.29, 0.717) is 11.1 Å². The molecule has 0 fully saturated rings. The molecule has 0 radical (unpaired) electrons. The van der Waals surface area contributed by atoms with Gasteiger partial charge in [-0.15, -0.1) is 0 Å². The first kappa shape index (κ1) is 16.8. The number of hydrogen-bond acceptors (Lipinski definition) is 4. The quantitative estimate of drug-likeness (QED) is 0.888. The number of allylic oxidation sites excluding steroid dienone is 2. The monoisotopic (exact) mass is 330 g/mol. The third-order valence-electron chi connectivity index (χ3n) is 3.31. The lowest BCUT2D eigenvalue weighted by atomic mass is 10.2. The summed E-state index contributed by atoms with van der Waals surface area (Å²) < 4.78 is 25.5. The third-order valence-corrected chi connectivity index (χ3v) is 5.06. The fraction of sp³-hybridized carbons (Fsp3) is 0.111. The van der Waals surface area contributed by atoms with Gasteiger partial charge in [0.15, 0.2) is 0 Å². The van der Waals surface area contributed by atoms with Gasteiger partial charge in [0.05, 0.1) is 9.79 Å². The van der Waals surface area contributed by atoms with Crippen LogP contribution in [0.15, 0.2) is 58.3 Å². The van der Waals surface area contributed by atoms with E-state index in [1.165, 1.54) is 36.4 Å². The minimum absolute atomic E-state index is 0.0161. The first-order chi connectivity index (χ1) is 10.9. The maximum Gasteiger partial charge on any atom is 0.206 e. The highest BCUT2D eigenvalue weighted by Crippen LogP contribution is 2.29. The largest absolute Gasteiger partial charge is 0.507 e. The molecule has 2 aromatic carbocycles. The van der Waals surface area contributed by atoms with Gasteiger partial charge in [-0.3, -0.25) is 0 Å². The van der Waals surface area contributed by atoms with Crippen LogP contribution in [0.4, 0.5) is 0 Å². The van der Waals surface area contributed by atoms with Gasteiger partial charge in [0.1, 0.15) is 11.5 Å². The number of phenolic OH excluding ortho intramolecular Hbond substituents is 2. The second kappa shape index (κ2) is 6.71. The molecule has 4 nitrogen and oxygen atoms in total. The Morgan fingerprint density at radius 3 is 1.52 bits per heavy atom. The van der Waals surface area contributed by atoms with Crippen molar-refractivity contribution >= 4 is 22.0 Å². The molecule has 5 heteroatoms. The van der Waals surface area contributed by atoms with Gasteiger partial charge in [-0.1, -0.05) is 24.3 Å². The average molecular weight is 330 g/mol. The molecule has 2 N–H and O–H groups in total. The fourth-order valence-corrected chi connectivity index (χ4v) is 3.49. The lowest BCUT2D eigenvalue weighted by Gasteiger charge is -2.09. The maximum atomic E-state index is 12.8. The van der Waals surface area contributed by atoms with Crippen molar-refractivity contribution < 1.29 is 18.6 Å². The minimum Gasteiger partial charge on any atom is -0.507 e. The summed E-state index contributed by atoms with van der Waals surface area (Å²) in [6, 6.07) is 8.28. The zero-order valence-corrected chi connectivity index (χ0v) is 13.7. The Morgan fingerprint density at radius 2 is 1.17 bits per heavy atom. The average Bonchev–Trinajstić information content (AvgIpc) is 2.51. The second-order valence-electron chi connectivity index (χ2n) is 4.94. The number of phenols is 2. The summed E-state index contributed by atoms with van der Waals surface area (Å²) in [4.78, 5) is 0.168. The normalized spacial score (nSPS) is 12.3. The molecule has 0 amide bonds. The van der Waals surface area contributed by atoms with E-state index in [9.17, 15) is 18.6 Å². The molecule has 120 valence electrons. The SMILES string of the molecule is CC=Cc1cc(S(=O)(=O)c2ccc(O)c(C=CC)c2)ccc1O. The smallest absolute Gasteiger partial charge is 0.206 e. The van der Waals surface area contributed by atoms with Crippen LogP contribution in [0.5, 0.6) is 11.5 Å². The van der Waals surface area contributed by atoms with Crippen LogP contribution in [-0.4, -0.2) is 18.6 Å². The summed E-state index contributed by atoms with van der Waals surface area (Å²) >= 11 is 0. The van der Waals surface area contributed by atoms with Gasteiger partial charge in [0, 0.05) is 11.1 Å². The highest BCUT2D eigenvalue weighted by Gasteiger charge is 2.19. The van der Waals surface area contributed by atoms with Gasteiger partial charge < -0.3 is 10.2 Å². The number of sulfone groups is 1. The molecule has 0 saturated heterocycles. The molecule has 0 aliphatic heterocycles. The van der Waals surface area contributed by atoms with Gasteiger partial charge in [-0.2, -0.15) is 0 Å².